The van der Waals surface area contributed by atoms with E-state index < -0.39 is 6.10 Å². The summed E-state index contributed by atoms with van der Waals surface area (Å²) in [5.41, 5.74) is 1.94. The van der Waals surface area contributed by atoms with Gasteiger partial charge in [0.1, 0.15) is 5.75 Å². The summed E-state index contributed by atoms with van der Waals surface area (Å²) in [6.07, 6.45) is 3.66. The summed E-state index contributed by atoms with van der Waals surface area (Å²) < 4.78 is 5.89. The number of H-pyrrole nitrogens is 1. The van der Waals surface area contributed by atoms with E-state index in [9.17, 15) is 5.11 Å². The number of nitrogens with one attached hydrogen (secondary N) is 2. The maximum absolute atomic E-state index is 10.6. The van der Waals surface area contributed by atoms with Crippen LogP contribution in [0.1, 0.15) is 38.4 Å². The van der Waals surface area contributed by atoms with Crippen molar-refractivity contribution in [1.29, 1.82) is 0 Å². The molecule has 1 fully saturated rings. The number of hydrogen-bond acceptors (Lipinski definition) is 3. The van der Waals surface area contributed by atoms with Gasteiger partial charge in [-0.3, -0.25) is 0 Å². The van der Waals surface area contributed by atoms with Gasteiger partial charge >= 0.3 is 0 Å². The third kappa shape index (κ3) is 2.41. The van der Waals surface area contributed by atoms with E-state index in [1.165, 1.54) is 0 Å². The lowest BCUT2D eigenvalue weighted by Crippen LogP contribution is -2.28. The highest BCUT2D eigenvalue weighted by Gasteiger charge is 2.27. The molecule has 1 aliphatic heterocycles. The number of aliphatic hydroxyl groups excluding tert-OH is 1. The third-order valence-electron chi connectivity index (χ3n) is 3.86. The molecule has 0 amide bonds. The highest BCUT2D eigenvalue weighted by atomic mass is 16.5. The van der Waals surface area contributed by atoms with E-state index in [4.69, 9.17) is 4.74 Å². The first-order valence-corrected chi connectivity index (χ1v) is 7.35. The second-order valence-electron chi connectivity index (χ2n) is 5.74. The molecule has 1 saturated heterocycles. The Hall–Kier alpha value is -1.52. The predicted molar refractivity (Wildman–Crippen MR) is 80.0 cm³/mol. The van der Waals surface area contributed by atoms with Crippen LogP contribution in [0.15, 0.2) is 24.4 Å². The standard InChI is InChI=1S/C16H22N2O2/c1-10(2)20-14-7-3-5-12-15(14)11(9-18-12)16(19)13-6-4-8-17-13/h3,5,7,9-10,13,16-19H,4,6,8H2,1-2H3. The topological polar surface area (TPSA) is 57.3 Å². The normalized spacial score (nSPS) is 20.7. The molecule has 2 unspecified atom stereocenters. The van der Waals surface area contributed by atoms with Crippen molar-refractivity contribution in [2.75, 3.05) is 6.54 Å². The first-order valence-electron chi connectivity index (χ1n) is 7.35. The van der Waals surface area contributed by atoms with Crippen LogP contribution in [0.4, 0.5) is 0 Å². The Bertz CT molecular complexity index is 585. The molecule has 2 atom stereocenters. The molecule has 4 heteroatoms. The Kier molecular flexibility index (Phi) is 3.68. The summed E-state index contributed by atoms with van der Waals surface area (Å²) in [6, 6.07) is 6.09. The summed E-state index contributed by atoms with van der Waals surface area (Å²) in [4.78, 5) is 3.24. The van der Waals surface area contributed by atoms with Gasteiger partial charge < -0.3 is 20.1 Å². The van der Waals surface area contributed by atoms with Crippen LogP contribution in [0.25, 0.3) is 10.9 Å². The SMILES string of the molecule is CC(C)Oc1cccc2[nH]cc(C(O)C3CCCN3)c12. The minimum Gasteiger partial charge on any atom is -0.490 e. The quantitative estimate of drug-likeness (QED) is 0.803. The molecule has 3 N–H and O–H groups in total. The number of ether oxygens (including phenoxy) is 1. The van der Waals surface area contributed by atoms with E-state index in [1.807, 2.05) is 38.2 Å². The van der Waals surface area contributed by atoms with Gasteiger partial charge in [-0.2, -0.15) is 0 Å². The van der Waals surface area contributed by atoms with Crippen molar-refractivity contribution in [2.45, 2.75) is 44.9 Å². The van der Waals surface area contributed by atoms with Crippen molar-refractivity contribution in [2.24, 2.45) is 0 Å². The molecular weight excluding hydrogens is 252 g/mol. The first kappa shape index (κ1) is 13.5. The molecule has 108 valence electrons. The van der Waals surface area contributed by atoms with Gasteiger partial charge in [0.2, 0.25) is 0 Å². The molecule has 3 rings (SSSR count). The van der Waals surface area contributed by atoms with Crippen LogP contribution in [-0.4, -0.2) is 28.8 Å². The number of aliphatic hydroxyl groups is 1. The number of aromatic nitrogens is 1. The second-order valence-corrected chi connectivity index (χ2v) is 5.74. The first-order chi connectivity index (χ1) is 9.66. The summed E-state index contributed by atoms with van der Waals surface area (Å²) in [6.45, 7) is 5.01. The molecule has 2 heterocycles. The van der Waals surface area contributed by atoms with Gasteiger partial charge in [0.15, 0.2) is 0 Å². The number of benzene rings is 1. The van der Waals surface area contributed by atoms with Crippen LogP contribution in [-0.2, 0) is 0 Å². The smallest absolute Gasteiger partial charge is 0.129 e. The van der Waals surface area contributed by atoms with E-state index in [1.54, 1.807) is 0 Å². The summed E-state index contributed by atoms with van der Waals surface area (Å²) in [5.74, 6) is 0.839. The van der Waals surface area contributed by atoms with Crippen molar-refractivity contribution < 1.29 is 9.84 Å². The average Bonchev–Trinajstić information content (AvgIpc) is 3.07. The minimum absolute atomic E-state index is 0.116. The molecule has 0 bridgehead atoms. The molecule has 0 aliphatic carbocycles. The molecule has 4 nitrogen and oxygen atoms in total. The number of rotatable bonds is 4. The highest BCUT2D eigenvalue weighted by molar-refractivity contribution is 5.89. The highest BCUT2D eigenvalue weighted by Crippen LogP contribution is 2.35. The zero-order valence-electron chi connectivity index (χ0n) is 12.0. The lowest BCUT2D eigenvalue weighted by molar-refractivity contribution is 0.138. The molecule has 0 saturated carbocycles. The number of aromatic amines is 1. The van der Waals surface area contributed by atoms with Crippen LogP contribution in [0.3, 0.4) is 0 Å². The van der Waals surface area contributed by atoms with Crippen molar-refractivity contribution in [3.63, 3.8) is 0 Å². The van der Waals surface area contributed by atoms with Gasteiger partial charge in [-0.05, 0) is 45.4 Å². The molecule has 2 aromatic rings. The van der Waals surface area contributed by atoms with Gasteiger partial charge in [-0.1, -0.05) is 6.07 Å². The van der Waals surface area contributed by atoms with Gasteiger partial charge in [-0.25, -0.2) is 0 Å². The summed E-state index contributed by atoms with van der Waals surface area (Å²) in [5, 5.41) is 15.0. The Morgan fingerprint density at radius 3 is 2.90 bits per heavy atom. The largest absolute Gasteiger partial charge is 0.490 e. The van der Waals surface area contributed by atoms with Crippen molar-refractivity contribution in [3.05, 3.63) is 30.0 Å². The van der Waals surface area contributed by atoms with E-state index in [2.05, 4.69) is 10.3 Å². The maximum Gasteiger partial charge on any atom is 0.129 e. The van der Waals surface area contributed by atoms with E-state index in [-0.39, 0.29) is 12.1 Å². The fourth-order valence-electron chi connectivity index (χ4n) is 2.96. The molecule has 0 radical (unpaired) electrons. The molecular formula is C16H22N2O2. The Balaban J connectivity index is 2.01. The van der Waals surface area contributed by atoms with Crippen LogP contribution >= 0.6 is 0 Å². The zero-order valence-corrected chi connectivity index (χ0v) is 12.0. The zero-order chi connectivity index (χ0) is 14.1. The molecule has 1 aromatic carbocycles. The number of fused-ring (bicyclic) bond motifs is 1. The Labute approximate surface area is 119 Å². The van der Waals surface area contributed by atoms with Gasteiger partial charge in [0.05, 0.1) is 12.2 Å². The van der Waals surface area contributed by atoms with E-state index in [0.717, 1.165) is 41.6 Å². The fraction of sp³-hybridized carbons (Fsp3) is 0.500. The minimum atomic E-state index is -0.497. The van der Waals surface area contributed by atoms with Crippen LogP contribution < -0.4 is 10.1 Å². The molecule has 1 aliphatic rings. The maximum atomic E-state index is 10.6. The van der Waals surface area contributed by atoms with Crippen molar-refractivity contribution in [1.82, 2.24) is 10.3 Å². The Morgan fingerprint density at radius 1 is 1.35 bits per heavy atom. The predicted octanol–water partition coefficient (Wildman–Crippen LogP) is 2.74. The lowest BCUT2D eigenvalue weighted by atomic mass is 10.00. The number of hydrogen-bond donors (Lipinski definition) is 3. The van der Waals surface area contributed by atoms with Crippen LogP contribution in [0, 0.1) is 0 Å². The third-order valence-corrected chi connectivity index (χ3v) is 3.86. The van der Waals surface area contributed by atoms with Gasteiger partial charge in [0, 0.05) is 28.7 Å². The summed E-state index contributed by atoms with van der Waals surface area (Å²) in [7, 11) is 0. The average molecular weight is 274 g/mol. The van der Waals surface area contributed by atoms with Crippen molar-refractivity contribution >= 4 is 10.9 Å². The molecule has 0 spiro atoms. The monoisotopic (exact) mass is 274 g/mol. The van der Waals surface area contributed by atoms with Gasteiger partial charge in [-0.15, -0.1) is 0 Å². The van der Waals surface area contributed by atoms with Gasteiger partial charge in [0.25, 0.3) is 0 Å². The lowest BCUT2D eigenvalue weighted by Gasteiger charge is -2.19. The second kappa shape index (κ2) is 5.46. The van der Waals surface area contributed by atoms with Crippen molar-refractivity contribution in [3.8, 4) is 5.75 Å². The van der Waals surface area contributed by atoms with E-state index in [0.29, 0.717) is 0 Å². The fourth-order valence-corrected chi connectivity index (χ4v) is 2.96. The van der Waals surface area contributed by atoms with E-state index >= 15 is 0 Å². The molecule has 20 heavy (non-hydrogen) atoms. The summed E-state index contributed by atoms with van der Waals surface area (Å²) >= 11 is 0. The van der Waals surface area contributed by atoms with Crippen LogP contribution in [0.2, 0.25) is 0 Å². The molecule has 1 aromatic heterocycles. The van der Waals surface area contributed by atoms with Crippen LogP contribution in [0.5, 0.6) is 5.75 Å². The Morgan fingerprint density at radius 2 is 2.20 bits per heavy atom.